The summed E-state index contributed by atoms with van der Waals surface area (Å²) in [5.41, 5.74) is 4.13. The van der Waals surface area contributed by atoms with Gasteiger partial charge in [0.15, 0.2) is 0 Å². The molecule has 160 valence electrons. The molecular weight excluding hydrogens is 416 g/mol. The van der Waals surface area contributed by atoms with Crippen LogP contribution >= 0.6 is 0 Å². The molecule has 9 heteroatoms. The Morgan fingerprint density at radius 1 is 1.00 bits per heavy atom. The minimum Gasteiger partial charge on any atom is -0.487 e. The number of hydrogen-bond acceptors (Lipinski definition) is 8. The number of rotatable bonds is 7. The van der Waals surface area contributed by atoms with Gasteiger partial charge in [0, 0.05) is 41.3 Å². The van der Waals surface area contributed by atoms with E-state index in [2.05, 4.69) is 41.3 Å². The van der Waals surface area contributed by atoms with Crippen molar-refractivity contribution in [2.75, 3.05) is 5.32 Å². The lowest BCUT2D eigenvalue weighted by molar-refractivity contribution is 0.305. The van der Waals surface area contributed by atoms with Gasteiger partial charge < -0.3 is 10.1 Å². The predicted octanol–water partition coefficient (Wildman–Crippen LogP) is 3.36. The molecule has 0 saturated heterocycles. The van der Waals surface area contributed by atoms with E-state index in [1.807, 2.05) is 36.4 Å². The molecule has 9 nitrogen and oxygen atoms in total. The maximum absolute atomic E-state index is 5.93. The van der Waals surface area contributed by atoms with Crippen LogP contribution in [0.2, 0.25) is 0 Å². The zero-order chi connectivity index (χ0) is 22.5. The van der Waals surface area contributed by atoms with Gasteiger partial charge in [-0.15, -0.1) is 6.42 Å². The highest BCUT2D eigenvalue weighted by molar-refractivity contribution is 5.83. The van der Waals surface area contributed by atoms with Crippen LogP contribution in [0.3, 0.4) is 0 Å². The monoisotopic (exact) mass is 434 g/mol. The largest absolute Gasteiger partial charge is 0.487 e. The van der Waals surface area contributed by atoms with E-state index in [0.717, 1.165) is 22.2 Å². The molecule has 0 radical (unpaired) electrons. The van der Waals surface area contributed by atoms with E-state index in [1.54, 1.807) is 29.6 Å². The lowest BCUT2D eigenvalue weighted by Gasteiger charge is -2.11. The molecule has 0 unspecified atom stereocenters. The van der Waals surface area contributed by atoms with Crippen molar-refractivity contribution in [3.8, 4) is 18.1 Å². The van der Waals surface area contributed by atoms with Gasteiger partial charge in [-0.1, -0.05) is 18.1 Å². The van der Waals surface area contributed by atoms with Gasteiger partial charge in [-0.3, -0.25) is 0 Å². The average molecular weight is 434 g/mol. The van der Waals surface area contributed by atoms with Crippen LogP contribution in [0.25, 0.3) is 10.9 Å². The molecule has 5 rings (SSSR count). The summed E-state index contributed by atoms with van der Waals surface area (Å²) in [6, 6.07) is 11.6. The van der Waals surface area contributed by atoms with Gasteiger partial charge >= 0.3 is 0 Å². The van der Waals surface area contributed by atoms with E-state index < -0.39 is 0 Å². The molecule has 0 atom stereocenters. The summed E-state index contributed by atoms with van der Waals surface area (Å²) in [6.07, 6.45) is 15.5. The van der Waals surface area contributed by atoms with Crippen LogP contribution in [0.4, 0.5) is 11.6 Å². The molecule has 3 aromatic heterocycles. The highest BCUT2D eigenvalue weighted by atomic mass is 16.5. The Morgan fingerprint density at radius 3 is 2.73 bits per heavy atom. The van der Waals surface area contributed by atoms with Crippen LogP contribution < -0.4 is 10.1 Å². The first-order valence-corrected chi connectivity index (χ1v) is 10.1. The second-order valence-electron chi connectivity index (χ2n) is 7.20. The fourth-order valence-electron chi connectivity index (χ4n) is 3.30. The summed E-state index contributed by atoms with van der Waals surface area (Å²) in [5.74, 6) is 3.70. The van der Waals surface area contributed by atoms with Crippen molar-refractivity contribution in [2.24, 2.45) is 0 Å². The fourth-order valence-corrected chi connectivity index (χ4v) is 3.30. The third kappa shape index (κ3) is 4.75. The highest BCUT2D eigenvalue weighted by Gasteiger charge is 2.09. The number of terminal acetylenes is 1. The van der Waals surface area contributed by atoms with Crippen molar-refractivity contribution < 1.29 is 4.74 Å². The molecule has 0 spiro atoms. The standard InChI is InChI=1S/C24H18N8O/c1-2-19-7-20-11-28-24(30-21-5-3-4-17(6-21)12-32-16-27-15-29-32)31-22(20)8-23(19)33-13-18-9-25-14-26-10-18/h1,3-11,14-16H,12-13H2,(H,28,30,31). The van der Waals surface area contributed by atoms with Gasteiger partial charge in [0.1, 0.15) is 31.3 Å². The Kier molecular flexibility index (Phi) is 5.55. The first-order chi connectivity index (χ1) is 16.3. The maximum Gasteiger partial charge on any atom is 0.227 e. The van der Waals surface area contributed by atoms with Crippen molar-refractivity contribution in [1.82, 2.24) is 34.7 Å². The number of fused-ring (bicyclic) bond motifs is 1. The molecule has 0 fully saturated rings. The number of hydrogen-bond donors (Lipinski definition) is 1. The van der Waals surface area contributed by atoms with E-state index in [1.165, 1.54) is 12.7 Å². The summed E-state index contributed by atoms with van der Waals surface area (Å²) < 4.78 is 7.69. The Bertz CT molecular complexity index is 1430. The zero-order valence-corrected chi connectivity index (χ0v) is 17.5. The Hall–Kier alpha value is -4.84. The third-order valence-corrected chi connectivity index (χ3v) is 4.84. The first-order valence-electron chi connectivity index (χ1n) is 10.1. The van der Waals surface area contributed by atoms with E-state index in [9.17, 15) is 0 Å². The van der Waals surface area contributed by atoms with Crippen LogP contribution in [0, 0.1) is 12.3 Å². The Balaban J connectivity index is 1.38. The van der Waals surface area contributed by atoms with Gasteiger partial charge in [-0.05, 0) is 23.8 Å². The van der Waals surface area contributed by atoms with Crippen LogP contribution in [-0.2, 0) is 13.2 Å². The molecule has 3 heterocycles. The summed E-state index contributed by atoms with van der Waals surface area (Å²) >= 11 is 0. The maximum atomic E-state index is 5.93. The Labute approximate surface area is 189 Å². The summed E-state index contributed by atoms with van der Waals surface area (Å²) in [5, 5.41) is 8.22. The second kappa shape index (κ2) is 9.11. The van der Waals surface area contributed by atoms with Crippen molar-refractivity contribution in [3.05, 3.63) is 90.7 Å². The quantitative estimate of drug-likeness (QED) is 0.389. The number of nitrogens with zero attached hydrogens (tertiary/aromatic N) is 7. The van der Waals surface area contributed by atoms with Crippen molar-refractivity contribution in [3.63, 3.8) is 0 Å². The molecule has 0 saturated carbocycles. The van der Waals surface area contributed by atoms with E-state index >= 15 is 0 Å². The predicted molar refractivity (Wildman–Crippen MR) is 123 cm³/mol. The van der Waals surface area contributed by atoms with Crippen LogP contribution in [0.15, 0.2) is 74.0 Å². The fraction of sp³-hybridized carbons (Fsp3) is 0.0833. The topological polar surface area (TPSA) is 104 Å². The van der Waals surface area contributed by atoms with Crippen LogP contribution in [-0.4, -0.2) is 34.7 Å². The van der Waals surface area contributed by atoms with Gasteiger partial charge in [0.2, 0.25) is 5.95 Å². The molecule has 1 N–H and O–H groups in total. The van der Waals surface area contributed by atoms with Gasteiger partial charge in [0.05, 0.1) is 17.6 Å². The van der Waals surface area contributed by atoms with Gasteiger partial charge in [-0.25, -0.2) is 29.6 Å². The number of ether oxygens (including phenoxy) is 1. The zero-order valence-electron chi connectivity index (χ0n) is 17.5. The number of anilines is 2. The van der Waals surface area contributed by atoms with Crippen LogP contribution in [0.1, 0.15) is 16.7 Å². The molecule has 0 aliphatic rings. The number of nitrogens with one attached hydrogen (secondary N) is 1. The van der Waals surface area contributed by atoms with Crippen molar-refractivity contribution in [2.45, 2.75) is 13.2 Å². The SMILES string of the molecule is C#Cc1cc2cnc(Nc3cccc(Cn4cncn4)c3)nc2cc1OCc1cncnc1. The minimum atomic E-state index is 0.301. The van der Waals surface area contributed by atoms with E-state index in [4.69, 9.17) is 11.2 Å². The number of aromatic nitrogens is 7. The third-order valence-electron chi connectivity index (χ3n) is 4.84. The Morgan fingerprint density at radius 2 is 1.91 bits per heavy atom. The lowest BCUT2D eigenvalue weighted by Crippen LogP contribution is -2.02. The first kappa shape index (κ1) is 20.1. The number of benzene rings is 2. The minimum absolute atomic E-state index is 0.301. The molecule has 5 aromatic rings. The molecule has 2 aromatic carbocycles. The van der Waals surface area contributed by atoms with Crippen molar-refractivity contribution in [1.29, 1.82) is 0 Å². The molecular formula is C24H18N8O. The second-order valence-corrected chi connectivity index (χ2v) is 7.20. The molecule has 33 heavy (non-hydrogen) atoms. The normalized spacial score (nSPS) is 10.6. The van der Waals surface area contributed by atoms with E-state index in [-0.39, 0.29) is 0 Å². The van der Waals surface area contributed by atoms with Gasteiger partial charge in [0.25, 0.3) is 0 Å². The molecule has 0 aliphatic heterocycles. The average Bonchev–Trinajstić information content (AvgIpc) is 3.36. The summed E-state index contributed by atoms with van der Waals surface area (Å²) in [4.78, 5) is 21.0. The molecule has 0 amide bonds. The highest BCUT2D eigenvalue weighted by Crippen LogP contribution is 2.26. The van der Waals surface area contributed by atoms with Crippen LogP contribution in [0.5, 0.6) is 5.75 Å². The summed E-state index contributed by atoms with van der Waals surface area (Å²) in [6.45, 7) is 0.923. The van der Waals surface area contributed by atoms with E-state index in [0.29, 0.717) is 35.9 Å². The lowest BCUT2D eigenvalue weighted by atomic mass is 10.1. The van der Waals surface area contributed by atoms with Crippen molar-refractivity contribution >= 4 is 22.5 Å². The smallest absolute Gasteiger partial charge is 0.227 e. The molecule has 0 bridgehead atoms. The van der Waals surface area contributed by atoms with Gasteiger partial charge in [-0.2, -0.15) is 5.10 Å². The molecule has 0 aliphatic carbocycles. The summed E-state index contributed by atoms with van der Waals surface area (Å²) in [7, 11) is 0.